The minimum absolute atomic E-state index is 0.841. The average molecular weight is 207 g/mol. The molecule has 0 aromatic carbocycles. The van der Waals surface area contributed by atoms with Crippen molar-refractivity contribution in [3.63, 3.8) is 0 Å². The Balaban J connectivity index is 2.38. The highest BCUT2D eigenvalue weighted by Crippen LogP contribution is 2.26. The number of aromatic nitrogens is 3. The third-order valence-corrected chi connectivity index (χ3v) is 3.15. The Morgan fingerprint density at radius 1 is 1.36 bits per heavy atom. The van der Waals surface area contributed by atoms with E-state index in [2.05, 4.69) is 40.5 Å². The van der Waals surface area contributed by atoms with Crippen LogP contribution in [0.1, 0.15) is 25.2 Å². The number of thiophene rings is 1. The lowest BCUT2D eigenvalue weighted by Crippen LogP contribution is -1.83. The third kappa shape index (κ3) is 1.57. The van der Waals surface area contributed by atoms with E-state index in [1.807, 2.05) is 0 Å². The summed E-state index contributed by atoms with van der Waals surface area (Å²) >= 11 is 1.71. The number of hydrogen-bond acceptors (Lipinski definition) is 3. The Morgan fingerprint density at radius 2 is 2.21 bits per heavy atom. The molecule has 14 heavy (non-hydrogen) atoms. The van der Waals surface area contributed by atoms with E-state index in [0.717, 1.165) is 24.5 Å². The van der Waals surface area contributed by atoms with Gasteiger partial charge in [-0.1, -0.05) is 13.8 Å². The van der Waals surface area contributed by atoms with E-state index >= 15 is 0 Å². The molecule has 0 aliphatic carbocycles. The van der Waals surface area contributed by atoms with Gasteiger partial charge in [0, 0.05) is 6.42 Å². The van der Waals surface area contributed by atoms with Gasteiger partial charge in [0.05, 0.1) is 4.88 Å². The summed E-state index contributed by atoms with van der Waals surface area (Å²) in [5.74, 6) is 1.80. The van der Waals surface area contributed by atoms with Crippen LogP contribution in [0, 0.1) is 0 Å². The lowest BCUT2D eigenvalue weighted by Gasteiger charge is -1.93. The second-order valence-electron chi connectivity index (χ2n) is 3.09. The van der Waals surface area contributed by atoms with Gasteiger partial charge in [-0.25, -0.2) is 4.98 Å². The largest absolute Gasteiger partial charge is 0.263 e. The van der Waals surface area contributed by atoms with Gasteiger partial charge >= 0.3 is 0 Å². The smallest absolute Gasteiger partial charge is 0.191 e. The summed E-state index contributed by atoms with van der Waals surface area (Å²) in [4.78, 5) is 5.62. The maximum Gasteiger partial charge on any atom is 0.191 e. The lowest BCUT2D eigenvalue weighted by atomic mass is 10.2. The van der Waals surface area contributed by atoms with Crippen LogP contribution in [0.3, 0.4) is 0 Å². The zero-order valence-electron chi connectivity index (χ0n) is 8.37. The molecule has 2 aromatic heterocycles. The molecule has 0 radical (unpaired) electrons. The van der Waals surface area contributed by atoms with Crippen LogP contribution < -0.4 is 0 Å². The molecular weight excluding hydrogens is 194 g/mol. The van der Waals surface area contributed by atoms with Crippen LogP contribution in [0.15, 0.2) is 11.4 Å². The molecule has 0 unspecified atom stereocenters. The van der Waals surface area contributed by atoms with E-state index in [9.17, 15) is 0 Å². The van der Waals surface area contributed by atoms with Crippen LogP contribution in [0.4, 0.5) is 0 Å². The van der Waals surface area contributed by atoms with Gasteiger partial charge < -0.3 is 0 Å². The lowest BCUT2D eigenvalue weighted by molar-refractivity contribution is 0.946. The van der Waals surface area contributed by atoms with Crippen molar-refractivity contribution in [3.05, 3.63) is 22.8 Å². The predicted molar refractivity (Wildman–Crippen MR) is 58.5 cm³/mol. The number of nitrogens with one attached hydrogen (secondary N) is 1. The first-order valence-electron chi connectivity index (χ1n) is 4.83. The fourth-order valence-corrected chi connectivity index (χ4v) is 2.29. The number of H-pyrrole nitrogens is 1. The maximum atomic E-state index is 4.42. The van der Waals surface area contributed by atoms with E-state index in [-0.39, 0.29) is 0 Å². The molecular formula is C10H13N3S. The van der Waals surface area contributed by atoms with Gasteiger partial charge in [-0.15, -0.1) is 11.3 Å². The van der Waals surface area contributed by atoms with Gasteiger partial charge in [0.15, 0.2) is 5.82 Å². The second-order valence-corrected chi connectivity index (χ2v) is 4.00. The number of rotatable bonds is 3. The Labute approximate surface area is 87.2 Å². The number of aromatic amines is 1. The van der Waals surface area contributed by atoms with Crippen molar-refractivity contribution >= 4 is 11.3 Å². The fraction of sp³-hybridized carbons (Fsp3) is 0.400. The molecule has 3 nitrogen and oxygen atoms in total. The molecule has 0 atom stereocenters. The Hall–Kier alpha value is -1.16. The van der Waals surface area contributed by atoms with Crippen LogP contribution in [0.2, 0.25) is 0 Å². The van der Waals surface area contributed by atoms with Crippen molar-refractivity contribution in [2.24, 2.45) is 0 Å². The van der Waals surface area contributed by atoms with Crippen LogP contribution in [0.25, 0.3) is 10.7 Å². The van der Waals surface area contributed by atoms with Crippen molar-refractivity contribution < 1.29 is 0 Å². The summed E-state index contributed by atoms with van der Waals surface area (Å²) in [6, 6.07) is 2.14. The topological polar surface area (TPSA) is 41.6 Å². The van der Waals surface area contributed by atoms with E-state index < -0.39 is 0 Å². The van der Waals surface area contributed by atoms with Gasteiger partial charge in [-0.2, -0.15) is 5.10 Å². The van der Waals surface area contributed by atoms with Gasteiger partial charge in [0.25, 0.3) is 0 Å². The van der Waals surface area contributed by atoms with E-state index in [1.54, 1.807) is 11.3 Å². The highest BCUT2D eigenvalue weighted by atomic mass is 32.1. The summed E-state index contributed by atoms with van der Waals surface area (Å²) in [5, 5.41) is 9.25. The van der Waals surface area contributed by atoms with Crippen LogP contribution in [0.5, 0.6) is 0 Å². The summed E-state index contributed by atoms with van der Waals surface area (Å²) in [5.41, 5.74) is 1.33. The SMILES string of the molecule is CCc1nc(-c2sccc2CC)n[nH]1. The first-order valence-corrected chi connectivity index (χ1v) is 5.71. The first kappa shape index (κ1) is 9.40. The molecule has 0 bridgehead atoms. The van der Waals surface area contributed by atoms with Crippen LogP contribution in [-0.2, 0) is 12.8 Å². The minimum Gasteiger partial charge on any atom is -0.263 e. The van der Waals surface area contributed by atoms with Gasteiger partial charge in [-0.05, 0) is 23.4 Å². The number of nitrogens with zero attached hydrogens (tertiary/aromatic N) is 2. The highest BCUT2D eigenvalue weighted by Gasteiger charge is 2.09. The third-order valence-electron chi connectivity index (χ3n) is 2.20. The summed E-state index contributed by atoms with van der Waals surface area (Å²) in [6.07, 6.45) is 1.94. The molecule has 0 aliphatic rings. The van der Waals surface area contributed by atoms with Crippen molar-refractivity contribution in [2.45, 2.75) is 26.7 Å². The molecule has 0 aliphatic heterocycles. The molecule has 1 N–H and O–H groups in total. The Morgan fingerprint density at radius 3 is 2.86 bits per heavy atom. The number of hydrogen-bond donors (Lipinski definition) is 1. The molecule has 2 aromatic rings. The molecule has 74 valence electrons. The molecule has 2 heterocycles. The van der Waals surface area contributed by atoms with Crippen molar-refractivity contribution in [1.82, 2.24) is 15.2 Å². The number of aryl methyl sites for hydroxylation is 2. The maximum absolute atomic E-state index is 4.42. The van der Waals surface area contributed by atoms with Crippen molar-refractivity contribution in [3.8, 4) is 10.7 Å². The van der Waals surface area contributed by atoms with Gasteiger partial charge in [0.1, 0.15) is 5.82 Å². The fourth-order valence-electron chi connectivity index (χ4n) is 1.37. The van der Waals surface area contributed by atoms with Crippen molar-refractivity contribution in [2.75, 3.05) is 0 Å². The summed E-state index contributed by atoms with van der Waals surface area (Å²) < 4.78 is 0. The zero-order valence-corrected chi connectivity index (χ0v) is 9.19. The van der Waals surface area contributed by atoms with Crippen molar-refractivity contribution in [1.29, 1.82) is 0 Å². The molecule has 0 saturated heterocycles. The molecule has 4 heteroatoms. The molecule has 0 spiro atoms. The minimum atomic E-state index is 0.841. The first-order chi connectivity index (χ1) is 6.85. The highest BCUT2D eigenvalue weighted by molar-refractivity contribution is 7.13. The molecule has 0 saturated carbocycles. The van der Waals surface area contributed by atoms with Gasteiger partial charge in [-0.3, -0.25) is 5.10 Å². The zero-order chi connectivity index (χ0) is 9.97. The Bertz CT molecular complexity index is 416. The predicted octanol–water partition coefficient (Wildman–Crippen LogP) is 2.66. The van der Waals surface area contributed by atoms with E-state index in [4.69, 9.17) is 0 Å². The van der Waals surface area contributed by atoms with E-state index in [0.29, 0.717) is 0 Å². The van der Waals surface area contributed by atoms with Gasteiger partial charge in [0.2, 0.25) is 0 Å². The quantitative estimate of drug-likeness (QED) is 0.840. The summed E-state index contributed by atoms with van der Waals surface area (Å²) in [7, 11) is 0. The normalized spacial score (nSPS) is 10.7. The molecule has 0 fully saturated rings. The van der Waals surface area contributed by atoms with Crippen LogP contribution >= 0.6 is 11.3 Å². The monoisotopic (exact) mass is 207 g/mol. The van der Waals surface area contributed by atoms with Crippen LogP contribution in [-0.4, -0.2) is 15.2 Å². The summed E-state index contributed by atoms with van der Waals surface area (Å²) in [6.45, 7) is 4.22. The second kappa shape index (κ2) is 3.92. The van der Waals surface area contributed by atoms with E-state index in [1.165, 1.54) is 10.4 Å². The Kier molecular flexibility index (Phi) is 2.63. The molecule has 0 amide bonds. The average Bonchev–Trinajstić information content (AvgIpc) is 2.85. The molecule has 2 rings (SSSR count). The standard InChI is InChI=1S/C10H13N3S/c1-3-7-5-6-14-9(7)10-11-8(4-2)12-13-10/h5-6H,3-4H2,1-2H3,(H,11,12,13).